The maximum atomic E-state index is 9.69. The zero-order valence-electron chi connectivity index (χ0n) is 14.7. The number of piperidine rings is 1. The van der Waals surface area contributed by atoms with E-state index in [0.717, 1.165) is 24.7 Å². The summed E-state index contributed by atoms with van der Waals surface area (Å²) in [4.78, 5) is 2.43. The van der Waals surface area contributed by atoms with E-state index in [-0.39, 0.29) is 17.0 Å². The first-order valence-electron chi connectivity index (χ1n) is 8.72. The number of hydrogen-bond donors (Lipinski definition) is 1. The molecule has 0 amide bonds. The van der Waals surface area contributed by atoms with Crippen LogP contribution in [0.3, 0.4) is 0 Å². The van der Waals surface area contributed by atoms with Crippen molar-refractivity contribution < 1.29 is 5.11 Å². The van der Waals surface area contributed by atoms with Gasteiger partial charge in [-0.25, -0.2) is 0 Å². The minimum Gasteiger partial charge on any atom is -0.508 e. The van der Waals surface area contributed by atoms with Gasteiger partial charge in [0.1, 0.15) is 5.75 Å². The molecule has 0 spiro atoms. The van der Waals surface area contributed by atoms with Crippen molar-refractivity contribution in [1.29, 1.82) is 0 Å². The Morgan fingerprint density at radius 2 is 1.92 bits per heavy atom. The van der Waals surface area contributed by atoms with E-state index in [4.69, 9.17) is 0 Å². The van der Waals surface area contributed by atoms with Gasteiger partial charge in [0.15, 0.2) is 0 Å². The number of aryl methyl sites for hydroxylation is 2. The molecular weight excluding hydrogens is 362 g/mol. The molecule has 130 valence electrons. The molecule has 1 heterocycles. The van der Waals surface area contributed by atoms with Crippen LogP contribution in [-0.4, -0.2) is 18.2 Å². The summed E-state index contributed by atoms with van der Waals surface area (Å²) in [6, 6.07) is 14.3. The number of phenols is 1. The van der Waals surface area contributed by atoms with Crippen LogP contribution < -0.4 is 4.90 Å². The van der Waals surface area contributed by atoms with Crippen molar-refractivity contribution in [3.8, 4) is 5.75 Å². The van der Waals surface area contributed by atoms with Gasteiger partial charge >= 0.3 is 0 Å². The van der Waals surface area contributed by atoms with Gasteiger partial charge < -0.3 is 10.0 Å². The highest BCUT2D eigenvalue weighted by Gasteiger charge is 2.20. The summed E-state index contributed by atoms with van der Waals surface area (Å²) >= 11 is 0. The number of anilines is 1. The molecule has 1 fully saturated rings. The van der Waals surface area contributed by atoms with Crippen molar-refractivity contribution in [2.24, 2.45) is 5.92 Å². The lowest BCUT2D eigenvalue weighted by molar-refractivity contribution is 0.391. The van der Waals surface area contributed by atoms with Crippen LogP contribution in [0.4, 0.5) is 5.69 Å². The van der Waals surface area contributed by atoms with Crippen LogP contribution in [0.15, 0.2) is 42.5 Å². The molecule has 2 nitrogen and oxygen atoms in total. The molecule has 1 unspecified atom stereocenters. The molecule has 2 aromatic rings. The number of aromatic hydroxyl groups is 1. The summed E-state index contributed by atoms with van der Waals surface area (Å²) in [6.45, 7) is 6.64. The van der Waals surface area contributed by atoms with Crippen molar-refractivity contribution >= 4 is 22.7 Å². The quantitative estimate of drug-likeness (QED) is 0.752. The van der Waals surface area contributed by atoms with Crippen molar-refractivity contribution in [3.63, 3.8) is 0 Å². The second-order valence-corrected chi connectivity index (χ2v) is 6.87. The highest BCUT2D eigenvalue weighted by Crippen LogP contribution is 2.28. The molecule has 24 heavy (non-hydrogen) atoms. The standard InChI is InChI=1S/C21H27NO.BrH/c1-16-6-3-8-19(17(16)2)12-11-18-7-5-13-22(15-18)20-9-4-10-21(23)14-20;/h3-4,6,8-10,14,18,23H,5,7,11-13,15H2,1-2H3;1H. The average molecular weight is 390 g/mol. The molecule has 1 saturated heterocycles. The largest absolute Gasteiger partial charge is 0.508 e. The summed E-state index contributed by atoms with van der Waals surface area (Å²) in [6.07, 6.45) is 4.99. The first-order chi connectivity index (χ1) is 11.1. The molecule has 1 aliphatic rings. The highest BCUT2D eigenvalue weighted by molar-refractivity contribution is 8.93. The maximum Gasteiger partial charge on any atom is 0.117 e. The fraction of sp³-hybridized carbons (Fsp3) is 0.429. The molecule has 2 aromatic carbocycles. The molecule has 0 aliphatic carbocycles. The topological polar surface area (TPSA) is 23.5 Å². The first kappa shape index (κ1) is 18.9. The number of hydrogen-bond acceptors (Lipinski definition) is 2. The van der Waals surface area contributed by atoms with Crippen LogP contribution in [-0.2, 0) is 6.42 Å². The van der Waals surface area contributed by atoms with Crippen LogP contribution in [0.2, 0.25) is 0 Å². The van der Waals surface area contributed by atoms with Gasteiger partial charge in [0.05, 0.1) is 0 Å². The lowest BCUT2D eigenvalue weighted by Gasteiger charge is -2.34. The van der Waals surface area contributed by atoms with E-state index >= 15 is 0 Å². The molecule has 3 heteroatoms. The van der Waals surface area contributed by atoms with Gasteiger partial charge in [-0.2, -0.15) is 0 Å². The van der Waals surface area contributed by atoms with Crippen LogP contribution >= 0.6 is 17.0 Å². The molecule has 0 radical (unpaired) electrons. The van der Waals surface area contributed by atoms with E-state index in [0.29, 0.717) is 5.75 Å². The third-order valence-electron chi connectivity index (χ3n) is 5.25. The van der Waals surface area contributed by atoms with E-state index in [1.54, 1.807) is 6.07 Å². The Labute approximate surface area is 156 Å². The summed E-state index contributed by atoms with van der Waals surface area (Å²) < 4.78 is 0. The molecule has 1 atom stereocenters. The minimum absolute atomic E-state index is 0. The number of phenolic OH excluding ortho intramolecular Hbond substituents is 1. The summed E-state index contributed by atoms with van der Waals surface area (Å²) in [5.74, 6) is 1.10. The van der Waals surface area contributed by atoms with Gasteiger partial charge in [-0.05, 0) is 74.3 Å². The van der Waals surface area contributed by atoms with E-state index in [1.807, 2.05) is 12.1 Å². The smallest absolute Gasteiger partial charge is 0.117 e. The predicted octanol–water partition coefficient (Wildman–Crippen LogP) is 5.44. The van der Waals surface area contributed by atoms with Crippen molar-refractivity contribution in [1.82, 2.24) is 0 Å². The third kappa shape index (κ3) is 4.54. The number of rotatable bonds is 4. The van der Waals surface area contributed by atoms with Crippen LogP contribution in [0.25, 0.3) is 0 Å². The predicted molar refractivity (Wildman–Crippen MR) is 108 cm³/mol. The Morgan fingerprint density at radius 3 is 2.71 bits per heavy atom. The zero-order chi connectivity index (χ0) is 16.2. The van der Waals surface area contributed by atoms with Gasteiger partial charge in [0.2, 0.25) is 0 Å². The van der Waals surface area contributed by atoms with Gasteiger partial charge in [0, 0.05) is 24.8 Å². The molecule has 0 bridgehead atoms. The monoisotopic (exact) mass is 389 g/mol. The van der Waals surface area contributed by atoms with Crippen molar-refractivity contribution in [2.75, 3.05) is 18.0 Å². The second-order valence-electron chi connectivity index (χ2n) is 6.87. The summed E-state index contributed by atoms with van der Waals surface area (Å²) in [5, 5.41) is 9.69. The molecule has 1 N–H and O–H groups in total. The highest BCUT2D eigenvalue weighted by atomic mass is 79.9. The Morgan fingerprint density at radius 1 is 1.12 bits per heavy atom. The maximum absolute atomic E-state index is 9.69. The SMILES string of the molecule is Br.Cc1cccc(CCC2CCCN(c3cccc(O)c3)C2)c1C. The molecule has 1 aliphatic heterocycles. The van der Waals surface area contributed by atoms with Gasteiger partial charge in [-0.15, -0.1) is 17.0 Å². The Bertz CT molecular complexity index is 671. The minimum atomic E-state index is 0. The van der Waals surface area contributed by atoms with Gasteiger partial charge in [-0.1, -0.05) is 24.3 Å². The van der Waals surface area contributed by atoms with Crippen molar-refractivity contribution in [2.45, 2.75) is 39.5 Å². The van der Waals surface area contributed by atoms with Crippen molar-refractivity contribution in [3.05, 3.63) is 59.2 Å². The lowest BCUT2D eigenvalue weighted by atomic mass is 9.89. The van der Waals surface area contributed by atoms with E-state index < -0.39 is 0 Å². The summed E-state index contributed by atoms with van der Waals surface area (Å²) in [5.41, 5.74) is 5.50. The molecule has 0 aromatic heterocycles. The molecular formula is C21H28BrNO. The van der Waals surface area contributed by atoms with E-state index in [1.165, 1.54) is 42.4 Å². The molecule has 0 saturated carbocycles. The Kier molecular flexibility index (Phi) is 6.73. The first-order valence-corrected chi connectivity index (χ1v) is 8.72. The fourth-order valence-corrected chi connectivity index (χ4v) is 3.67. The number of nitrogens with zero attached hydrogens (tertiary/aromatic N) is 1. The number of halogens is 1. The van der Waals surface area contributed by atoms with E-state index in [2.05, 4.69) is 43.0 Å². The Balaban J connectivity index is 0.00000208. The van der Waals surface area contributed by atoms with Crippen LogP contribution in [0.5, 0.6) is 5.75 Å². The normalized spacial score (nSPS) is 17.4. The van der Waals surface area contributed by atoms with Gasteiger partial charge in [-0.3, -0.25) is 0 Å². The third-order valence-corrected chi connectivity index (χ3v) is 5.25. The second kappa shape index (κ2) is 8.57. The zero-order valence-corrected chi connectivity index (χ0v) is 16.4. The number of benzene rings is 2. The van der Waals surface area contributed by atoms with E-state index in [9.17, 15) is 5.11 Å². The lowest BCUT2D eigenvalue weighted by Crippen LogP contribution is -2.35. The Hall–Kier alpha value is -1.48. The molecule has 3 rings (SSSR count). The summed E-state index contributed by atoms with van der Waals surface area (Å²) in [7, 11) is 0. The van der Waals surface area contributed by atoms with Crippen LogP contribution in [0, 0.1) is 19.8 Å². The average Bonchev–Trinajstić information content (AvgIpc) is 2.56. The fourth-order valence-electron chi connectivity index (χ4n) is 3.67. The van der Waals surface area contributed by atoms with Gasteiger partial charge in [0.25, 0.3) is 0 Å². The van der Waals surface area contributed by atoms with Crippen LogP contribution in [0.1, 0.15) is 36.0 Å².